The fourth-order valence-electron chi connectivity index (χ4n) is 6.68. The number of benzene rings is 2. The van der Waals surface area contributed by atoms with E-state index in [2.05, 4.69) is 68.2 Å². The van der Waals surface area contributed by atoms with E-state index in [9.17, 15) is 9.59 Å². The lowest BCUT2D eigenvalue weighted by molar-refractivity contribution is 0.0846. The first-order chi connectivity index (χ1) is 21.8. The van der Waals surface area contributed by atoms with E-state index >= 15 is 0 Å². The summed E-state index contributed by atoms with van der Waals surface area (Å²) in [4.78, 5) is 36.5. The van der Waals surface area contributed by atoms with Gasteiger partial charge in [-0.3, -0.25) is 19.4 Å². The molecule has 1 amide bonds. The van der Waals surface area contributed by atoms with Crippen molar-refractivity contribution in [1.82, 2.24) is 20.1 Å². The van der Waals surface area contributed by atoms with Gasteiger partial charge in [-0.1, -0.05) is 30.2 Å². The van der Waals surface area contributed by atoms with Crippen LogP contribution in [0, 0.1) is 33.1 Å². The number of ether oxygens (including phenoxy) is 1. The number of piperazine rings is 1. The predicted molar refractivity (Wildman–Crippen MR) is 182 cm³/mol. The lowest BCUT2D eigenvalue weighted by atomic mass is 9.94. The first kappa shape index (κ1) is 32.5. The van der Waals surface area contributed by atoms with Crippen molar-refractivity contribution in [3.63, 3.8) is 0 Å². The van der Waals surface area contributed by atoms with Crippen LogP contribution in [0.3, 0.4) is 0 Å². The van der Waals surface area contributed by atoms with Crippen molar-refractivity contribution in [3.8, 4) is 23.5 Å². The average molecular weight is 610 g/mol. The number of carbonyl (C=O) groups excluding carboxylic acids is 1. The minimum atomic E-state index is -0.182. The number of H-pyrrole nitrogens is 1. The summed E-state index contributed by atoms with van der Waals surface area (Å²) < 4.78 is 5.67. The highest BCUT2D eigenvalue weighted by Gasteiger charge is 2.25. The highest BCUT2D eigenvalue weighted by atomic mass is 16.5. The molecule has 0 radical (unpaired) electrons. The molecule has 2 fully saturated rings. The van der Waals surface area contributed by atoms with Gasteiger partial charge in [0.1, 0.15) is 0 Å². The first-order valence-corrected chi connectivity index (χ1v) is 16.2. The second kappa shape index (κ2) is 14.9. The molecular weight excluding hydrogens is 562 g/mol. The van der Waals surface area contributed by atoms with Crippen molar-refractivity contribution in [2.45, 2.75) is 59.7 Å². The summed E-state index contributed by atoms with van der Waals surface area (Å²) >= 11 is 0. The number of terminal acetylenes is 1. The maximum Gasteiger partial charge on any atom is 0.253 e. The molecule has 1 aromatic heterocycles. The molecule has 2 N–H and O–H groups in total. The topological polar surface area (TPSA) is 80.9 Å². The Labute approximate surface area is 267 Å². The van der Waals surface area contributed by atoms with Crippen LogP contribution in [0.4, 0.5) is 5.69 Å². The lowest BCUT2D eigenvalue weighted by Gasteiger charge is -2.37. The number of nitrogens with one attached hydrogen (secondary N) is 2. The number of nitrogens with zero attached hydrogens (tertiary/aromatic N) is 3. The molecule has 0 atom stereocenters. The van der Waals surface area contributed by atoms with Gasteiger partial charge in [-0.25, -0.2) is 0 Å². The number of rotatable bonds is 10. The maximum atomic E-state index is 13.8. The number of carbonyl (C=O) groups is 1. The van der Waals surface area contributed by atoms with Crippen LogP contribution in [0.25, 0.3) is 11.1 Å². The van der Waals surface area contributed by atoms with Gasteiger partial charge in [0, 0.05) is 87.6 Å². The Morgan fingerprint density at radius 2 is 1.71 bits per heavy atom. The van der Waals surface area contributed by atoms with Crippen LogP contribution in [-0.2, 0) is 17.8 Å². The molecule has 2 aliphatic rings. The van der Waals surface area contributed by atoms with Gasteiger partial charge in [0.25, 0.3) is 11.5 Å². The molecule has 0 spiro atoms. The van der Waals surface area contributed by atoms with Crippen molar-refractivity contribution in [2.75, 3.05) is 57.4 Å². The zero-order valence-corrected chi connectivity index (χ0v) is 27.2. The number of aryl methyl sites for hydroxylation is 2. The summed E-state index contributed by atoms with van der Waals surface area (Å²) in [5.41, 5.74) is 8.08. The molecule has 8 heteroatoms. The van der Waals surface area contributed by atoms with E-state index < -0.39 is 0 Å². The van der Waals surface area contributed by atoms with E-state index in [1.165, 1.54) is 5.56 Å². The number of hydrogen-bond donors (Lipinski definition) is 2. The molecule has 3 aromatic rings. The van der Waals surface area contributed by atoms with Gasteiger partial charge in [0.2, 0.25) is 0 Å². The Balaban J connectivity index is 1.42. The van der Waals surface area contributed by atoms with Gasteiger partial charge < -0.3 is 19.9 Å². The Morgan fingerprint density at radius 1 is 1.02 bits per heavy atom. The Bertz CT molecular complexity index is 1580. The first-order valence-electron chi connectivity index (χ1n) is 16.2. The van der Waals surface area contributed by atoms with Gasteiger partial charge in [-0.15, -0.1) is 6.42 Å². The van der Waals surface area contributed by atoms with Crippen molar-refractivity contribution < 1.29 is 9.53 Å². The minimum Gasteiger partial charge on any atom is -0.381 e. The maximum absolute atomic E-state index is 13.8. The quantitative estimate of drug-likeness (QED) is 0.326. The lowest BCUT2D eigenvalue weighted by Crippen LogP contribution is -2.45. The summed E-state index contributed by atoms with van der Waals surface area (Å²) in [5, 5.41) is 3.05. The van der Waals surface area contributed by atoms with Crippen LogP contribution >= 0.6 is 0 Å². The number of aromatic amines is 1. The molecule has 8 nitrogen and oxygen atoms in total. The third kappa shape index (κ3) is 7.85. The largest absolute Gasteiger partial charge is 0.381 e. The number of pyridine rings is 1. The average Bonchev–Trinajstić information content (AvgIpc) is 3.03. The second-order valence-corrected chi connectivity index (χ2v) is 12.4. The molecule has 2 aromatic carbocycles. The third-order valence-corrected chi connectivity index (χ3v) is 9.30. The highest BCUT2D eigenvalue weighted by Crippen LogP contribution is 2.34. The molecule has 238 valence electrons. The summed E-state index contributed by atoms with van der Waals surface area (Å²) in [7, 11) is 0. The zero-order valence-electron chi connectivity index (χ0n) is 27.2. The standard InChI is InChI=1S/C37H47N5O3/c1-6-14-40-15-17-41(18-16-40)25-29-8-10-30(11-9-29)31-22-33(36(43)38-24-34-26(3)21-27(4)39-37(34)44)28(5)35(23-31)42(7-2)32-12-19-45-20-13-32/h1,8-11,21-23,32H,7,12-20,24-25H2,2-5H3,(H,38,43)(H,39,44). The molecule has 2 saturated heterocycles. The SMILES string of the molecule is C#CCN1CCN(Cc2ccc(-c3cc(C(=O)NCc4c(C)cc(C)[nH]c4=O)c(C)c(N(CC)C4CCOCC4)c3)cc2)CC1. The number of hydrogen-bond acceptors (Lipinski definition) is 6. The van der Waals surface area contributed by atoms with Crippen LogP contribution in [0.15, 0.2) is 47.3 Å². The van der Waals surface area contributed by atoms with Crippen LogP contribution < -0.4 is 15.8 Å². The third-order valence-electron chi connectivity index (χ3n) is 9.30. The number of amides is 1. The van der Waals surface area contributed by atoms with E-state index in [1.54, 1.807) is 0 Å². The molecule has 0 aliphatic carbocycles. The molecule has 0 unspecified atom stereocenters. The van der Waals surface area contributed by atoms with E-state index in [1.807, 2.05) is 32.9 Å². The predicted octanol–water partition coefficient (Wildman–Crippen LogP) is 4.65. The highest BCUT2D eigenvalue weighted by molar-refractivity contribution is 5.99. The number of anilines is 1. The van der Waals surface area contributed by atoms with Crippen molar-refractivity contribution >= 4 is 11.6 Å². The fraction of sp³-hybridized carbons (Fsp3) is 0.459. The van der Waals surface area contributed by atoms with Crippen LogP contribution in [0.1, 0.15) is 58.1 Å². The normalized spacial score (nSPS) is 16.3. The van der Waals surface area contributed by atoms with Gasteiger partial charge in [-0.2, -0.15) is 0 Å². The van der Waals surface area contributed by atoms with Crippen molar-refractivity contribution in [3.05, 3.63) is 86.3 Å². The Kier molecular flexibility index (Phi) is 10.8. The van der Waals surface area contributed by atoms with E-state index in [4.69, 9.17) is 11.2 Å². The minimum absolute atomic E-state index is 0.162. The van der Waals surface area contributed by atoms with E-state index in [-0.39, 0.29) is 18.0 Å². The molecular formula is C37H47N5O3. The molecule has 3 heterocycles. The summed E-state index contributed by atoms with van der Waals surface area (Å²) in [6.07, 6.45) is 7.41. The molecule has 5 rings (SSSR count). The van der Waals surface area contributed by atoms with Gasteiger partial charge >= 0.3 is 0 Å². The molecule has 2 aliphatic heterocycles. The van der Waals surface area contributed by atoms with Crippen LogP contribution in [-0.4, -0.2) is 79.2 Å². The summed E-state index contributed by atoms with van der Waals surface area (Å²) in [6.45, 7) is 16.1. The molecule has 0 saturated carbocycles. The summed E-state index contributed by atoms with van der Waals surface area (Å²) in [5.74, 6) is 2.57. The van der Waals surface area contributed by atoms with Gasteiger partial charge in [0.05, 0.1) is 6.54 Å². The number of aromatic nitrogens is 1. The smallest absolute Gasteiger partial charge is 0.253 e. The Morgan fingerprint density at radius 3 is 2.36 bits per heavy atom. The van der Waals surface area contributed by atoms with Gasteiger partial charge in [0.15, 0.2) is 0 Å². The Hall–Kier alpha value is -3.90. The van der Waals surface area contributed by atoms with Crippen molar-refractivity contribution in [1.29, 1.82) is 0 Å². The van der Waals surface area contributed by atoms with E-state index in [0.29, 0.717) is 17.2 Å². The fourth-order valence-corrected chi connectivity index (χ4v) is 6.68. The second-order valence-electron chi connectivity index (χ2n) is 12.4. The molecule has 0 bridgehead atoms. The monoisotopic (exact) mass is 609 g/mol. The van der Waals surface area contributed by atoms with Gasteiger partial charge in [-0.05, 0) is 86.6 Å². The summed E-state index contributed by atoms with van der Waals surface area (Å²) in [6, 6.07) is 15.3. The van der Waals surface area contributed by atoms with Crippen molar-refractivity contribution in [2.24, 2.45) is 0 Å². The molecule has 45 heavy (non-hydrogen) atoms. The van der Waals surface area contributed by atoms with Crippen LogP contribution in [0.5, 0.6) is 0 Å². The van der Waals surface area contributed by atoms with E-state index in [0.717, 1.165) is 106 Å². The zero-order chi connectivity index (χ0) is 31.9. The van der Waals surface area contributed by atoms with Crippen LogP contribution in [0.2, 0.25) is 0 Å².